The minimum absolute atomic E-state index is 0.109. The van der Waals surface area contributed by atoms with Crippen LogP contribution in [-0.4, -0.2) is 37.0 Å². The second kappa shape index (κ2) is 7.57. The van der Waals surface area contributed by atoms with Gasteiger partial charge in [0.15, 0.2) is 0 Å². The van der Waals surface area contributed by atoms with E-state index in [0.29, 0.717) is 35.1 Å². The maximum atomic E-state index is 12.9. The Balaban J connectivity index is 2.48. The third-order valence-corrected chi connectivity index (χ3v) is 4.35. The van der Waals surface area contributed by atoms with E-state index in [0.717, 1.165) is 5.56 Å². The number of methoxy groups -OCH3 is 1. The predicted octanol–water partition coefficient (Wildman–Crippen LogP) is 2.84. The zero-order valence-electron chi connectivity index (χ0n) is 14.3. The van der Waals surface area contributed by atoms with Crippen molar-refractivity contribution in [3.8, 4) is 5.75 Å². The standard InChI is InChI=1S/C17H22ClN3O3/c1-5-21(6-2)16(22)14-10(3)19-17(23)20-15(14)11-7-8-13(24-4)12(18)9-11/h7-9,15H,5-6H2,1-4H3,(H2,19,20,23)/t15-/m1/s1. The Morgan fingerprint density at radius 1 is 1.33 bits per heavy atom. The second-order valence-corrected chi connectivity index (χ2v) is 5.85. The largest absolute Gasteiger partial charge is 0.495 e. The number of amides is 3. The monoisotopic (exact) mass is 351 g/mol. The number of carbonyl (C=O) groups excluding carboxylic acids is 2. The van der Waals surface area contributed by atoms with Gasteiger partial charge in [-0.15, -0.1) is 0 Å². The highest BCUT2D eigenvalue weighted by atomic mass is 35.5. The average molecular weight is 352 g/mol. The van der Waals surface area contributed by atoms with Gasteiger partial charge in [-0.05, 0) is 38.5 Å². The number of urea groups is 1. The fourth-order valence-electron chi connectivity index (χ4n) is 2.77. The molecule has 1 atom stereocenters. The molecule has 2 N–H and O–H groups in total. The van der Waals surface area contributed by atoms with Crippen molar-refractivity contribution in [2.45, 2.75) is 26.8 Å². The molecule has 0 saturated heterocycles. The minimum Gasteiger partial charge on any atom is -0.495 e. The first-order valence-corrected chi connectivity index (χ1v) is 8.21. The zero-order valence-corrected chi connectivity index (χ0v) is 15.0. The number of benzene rings is 1. The van der Waals surface area contributed by atoms with Crippen LogP contribution in [0.5, 0.6) is 5.75 Å². The summed E-state index contributed by atoms with van der Waals surface area (Å²) < 4.78 is 5.16. The van der Waals surface area contributed by atoms with Crippen LogP contribution in [0.4, 0.5) is 4.79 Å². The van der Waals surface area contributed by atoms with E-state index < -0.39 is 6.04 Å². The highest BCUT2D eigenvalue weighted by molar-refractivity contribution is 6.32. The number of allylic oxidation sites excluding steroid dienone is 1. The smallest absolute Gasteiger partial charge is 0.319 e. The van der Waals surface area contributed by atoms with Gasteiger partial charge >= 0.3 is 6.03 Å². The van der Waals surface area contributed by atoms with E-state index in [9.17, 15) is 9.59 Å². The summed E-state index contributed by atoms with van der Waals surface area (Å²) in [6.07, 6.45) is 0. The molecule has 24 heavy (non-hydrogen) atoms. The molecule has 0 fully saturated rings. The first-order valence-electron chi connectivity index (χ1n) is 7.83. The summed E-state index contributed by atoms with van der Waals surface area (Å²) in [5.74, 6) is 0.430. The van der Waals surface area contributed by atoms with Crippen LogP contribution in [0.15, 0.2) is 29.5 Å². The molecule has 1 heterocycles. The lowest BCUT2D eigenvalue weighted by atomic mass is 9.94. The van der Waals surface area contributed by atoms with Crippen LogP contribution in [-0.2, 0) is 4.79 Å². The number of nitrogens with one attached hydrogen (secondary N) is 2. The fraction of sp³-hybridized carbons (Fsp3) is 0.412. The first-order chi connectivity index (χ1) is 11.4. The molecule has 1 aliphatic rings. The van der Waals surface area contributed by atoms with Crippen molar-refractivity contribution in [3.63, 3.8) is 0 Å². The number of carbonyl (C=O) groups is 2. The lowest BCUT2D eigenvalue weighted by Crippen LogP contribution is -2.47. The number of halogens is 1. The van der Waals surface area contributed by atoms with Crippen LogP contribution in [0, 0.1) is 0 Å². The van der Waals surface area contributed by atoms with Crippen molar-refractivity contribution in [1.82, 2.24) is 15.5 Å². The van der Waals surface area contributed by atoms with Crippen molar-refractivity contribution < 1.29 is 14.3 Å². The molecule has 0 radical (unpaired) electrons. The average Bonchev–Trinajstić information content (AvgIpc) is 2.55. The van der Waals surface area contributed by atoms with Gasteiger partial charge in [0.1, 0.15) is 5.75 Å². The molecule has 1 aromatic carbocycles. The maximum Gasteiger partial charge on any atom is 0.319 e. The molecule has 0 aromatic heterocycles. The van der Waals surface area contributed by atoms with Gasteiger partial charge in [-0.1, -0.05) is 17.7 Å². The quantitative estimate of drug-likeness (QED) is 0.857. The Bertz CT molecular complexity index is 684. The molecule has 0 unspecified atom stereocenters. The molecule has 0 saturated carbocycles. The number of nitrogens with zero attached hydrogens (tertiary/aromatic N) is 1. The Morgan fingerprint density at radius 2 is 2.00 bits per heavy atom. The van der Waals surface area contributed by atoms with Crippen molar-refractivity contribution in [1.29, 1.82) is 0 Å². The number of hydrogen-bond acceptors (Lipinski definition) is 3. The summed E-state index contributed by atoms with van der Waals surface area (Å²) in [6, 6.07) is 4.32. The van der Waals surface area contributed by atoms with Crippen LogP contribution in [0.2, 0.25) is 5.02 Å². The molecular weight excluding hydrogens is 330 g/mol. The van der Waals surface area contributed by atoms with Gasteiger partial charge in [0.05, 0.1) is 23.7 Å². The second-order valence-electron chi connectivity index (χ2n) is 5.44. The number of rotatable bonds is 5. The molecule has 6 nitrogen and oxygen atoms in total. The lowest BCUT2D eigenvalue weighted by Gasteiger charge is -2.31. The van der Waals surface area contributed by atoms with Gasteiger partial charge < -0.3 is 20.3 Å². The molecule has 130 valence electrons. The lowest BCUT2D eigenvalue weighted by molar-refractivity contribution is -0.127. The molecule has 0 aliphatic carbocycles. The molecule has 2 rings (SSSR count). The van der Waals surface area contributed by atoms with Gasteiger partial charge in [0.25, 0.3) is 5.91 Å². The fourth-order valence-corrected chi connectivity index (χ4v) is 3.04. The van der Waals surface area contributed by atoms with Crippen molar-refractivity contribution >= 4 is 23.5 Å². The molecule has 1 aromatic rings. The molecule has 3 amide bonds. The molecule has 7 heteroatoms. The van der Waals surface area contributed by atoms with E-state index in [2.05, 4.69) is 10.6 Å². The van der Waals surface area contributed by atoms with Gasteiger partial charge in [-0.25, -0.2) is 4.79 Å². The summed E-state index contributed by atoms with van der Waals surface area (Å²) in [4.78, 5) is 26.5. The summed E-state index contributed by atoms with van der Waals surface area (Å²) in [5, 5.41) is 5.91. The Morgan fingerprint density at radius 3 is 2.54 bits per heavy atom. The number of ether oxygens (including phenoxy) is 1. The zero-order chi connectivity index (χ0) is 17.9. The van der Waals surface area contributed by atoms with Gasteiger partial charge in [-0.3, -0.25) is 4.79 Å². The Hall–Kier alpha value is -2.21. The summed E-state index contributed by atoms with van der Waals surface area (Å²) in [7, 11) is 1.53. The summed E-state index contributed by atoms with van der Waals surface area (Å²) in [5.41, 5.74) is 1.79. The molecule has 1 aliphatic heterocycles. The predicted molar refractivity (Wildman–Crippen MR) is 93.0 cm³/mol. The van der Waals surface area contributed by atoms with E-state index in [1.807, 2.05) is 13.8 Å². The van der Waals surface area contributed by atoms with E-state index in [4.69, 9.17) is 16.3 Å². The maximum absolute atomic E-state index is 12.9. The first kappa shape index (κ1) is 18.1. The molecular formula is C17H22ClN3O3. The number of likely N-dealkylation sites (N-methyl/N-ethyl adjacent to an activating group) is 1. The van der Waals surface area contributed by atoms with Crippen LogP contribution >= 0.6 is 11.6 Å². The SMILES string of the molecule is CCN(CC)C(=O)C1=C(C)NC(=O)N[C@@H]1c1ccc(OC)c(Cl)c1. The van der Waals surface area contributed by atoms with Crippen LogP contribution in [0.3, 0.4) is 0 Å². The Kier molecular flexibility index (Phi) is 5.72. The third-order valence-electron chi connectivity index (χ3n) is 4.06. The summed E-state index contributed by atoms with van der Waals surface area (Å²) >= 11 is 6.20. The van der Waals surface area contributed by atoms with Gasteiger partial charge in [0.2, 0.25) is 0 Å². The van der Waals surface area contributed by atoms with Crippen LogP contribution in [0.1, 0.15) is 32.4 Å². The van der Waals surface area contributed by atoms with Crippen molar-refractivity contribution in [2.24, 2.45) is 0 Å². The molecule has 0 spiro atoms. The highest BCUT2D eigenvalue weighted by Crippen LogP contribution is 2.33. The topological polar surface area (TPSA) is 70.7 Å². The minimum atomic E-state index is -0.560. The van der Waals surface area contributed by atoms with E-state index in [1.54, 1.807) is 30.0 Å². The van der Waals surface area contributed by atoms with E-state index in [1.165, 1.54) is 7.11 Å². The number of hydrogen-bond donors (Lipinski definition) is 2. The third kappa shape index (κ3) is 3.48. The van der Waals surface area contributed by atoms with Crippen LogP contribution < -0.4 is 15.4 Å². The molecule has 0 bridgehead atoms. The highest BCUT2D eigenvalue weighted by Gasteiger charge is 2.33. The van der Waals surface area contributed by atoms with Crippen molar-refractivity contribution in [2.75, 3.05) is 20.2 Å². The Labute approximate surface area is 146 Å². The van der Waals surface area contributed by atoms with Gasteiger partial charge in [-0.2, -0.15) is 0 Å². The van der Waals surface area contributed by atoms with E-state index in [-0.39, 0.29) is 11.9 Å². The normalized spacial score (nSPS) is 17.2. The van der Waals surface area contributed by atoms with Crippen molar-refractivity contribution in [3.05, 3.63) is 40.1 Å². The van der Waals surface area contributed by atoms with E-state index >= 15 is 0 Å². The van der Waals surface area contributed by atoms with Gasteiger partial charge in [0, 0.05) is 18.8 Å². The van der Waals surface area contributed by atoms with Crippen LogP contribution in [0.25, 0.3) is 0 Å². The summed E-state index contributed by atoms with van der Waals surface area (Å²) in [6.45, 7) is 6.76.